The van der Waals surface area contributed by atoms with Crippen LogP contribution in [0.3, 0.4) is 0 Å². The van der Waals surface area contributed by atoms with Gasteiger partial charge >= 0.3 is 0 Å². The highest BCUT2D eigenvalue weighted by Gasteiger charge is 2.16. The second-order valence-corrected chi connectivity index (χ2v) is 4.73. The topological polar surface area (TPSA) is 52.0 Å². The highest BCUT2D eigenvalue weighted by molar-refractivity contribution is 5.57. The van der Waals surface area contributed by atoms with Crippen LogP contribution in [0.25, 0.3) is 5.82 Å². The van der Waals surface area contributed by atoms with E-state index in [4.69, 9.17) is 4.74 Å². The highest BCUT2D eigenvalue weighted by Crippen LogP contribution is 2.20. The fourth-order valence-corrected chi connectivity index (χ4v) is 2.36. The Bertz CT molecular complexity index is 546. The molecule has 0 spiro atoms. The summed E-state index contributed by atoms with van der Waals surface area (Å²) in [6.07, 6.45) is 8.12. The van der Waals surface area contributed by atoms with E-state index in [1.807, 2.05) is 29.8 Å². The molecule has 0 bridgehead atoms. The standard InChI is InChI=1S/C14H18N4O/c1-11-15-7-8-18(11)14-13(5-2-6-16-14)17-10-12-4-3-9-19-12/h2,5-8,12,17H,3-4,9-10H2,1H3. The Kier molecular flexibility index (Phi) is 3.46. The first kappa shape index (κ1) is 12.2. The van der Waals surface area contributed by atoms with E-state index < -0.39 is 0 Å². The number of pyridine rings is 1. The fourth-order valence-electron chi connectivity index (χ4n) is 2.36. The number of rotatable bonds is 4. The lowest BCUT2D eigenvalue weighted by Gasteiger charge is -2.15. The Labute approximate surface area is 112 Å². The summed E-state index contributed by atoms with van der Waals surface area (Å²) in [7, 11) is 0. The molecule has 0 aromatic carbocycles. The third-order valence-corrected chi connectivity index (χ3v) is 3.38. The lowest BCUT2D eigenvalue weighted by atomic mass is 10.2. The maximum Gasteiger partial charge on any atom is 0.161 e. The summed E-state index contributed by atoms with van der Waals surface area (Å²) in [6, 6.07) is 3.98. The van der Waals surface area contributed by atoms with Crippen LogP contribution in [0.4, 0.5) is 5.69 Å². The number of aromatic nitrogens is 3. The summed E-state index contributed by atoms with van der Waals surface area (Å²) < 4.78 is 7.61. The van der Waals surface area contributed by atoms with E-state index in [2.05, 4.69) is 15.3 Å². The number of ether oxygens (including phenoxy) is 1. The molecule has 19 heavy (non-hydrogen) atoms. The summed E-state index contributed by atoms with van der Waals surface area (Å²) in [5.74, 6) is 1.81. The number of hydrogen-bond donors (Lipinski definition) is 1. The van der Waals surface area contributed by atoms with Crippen LogP contribution in [0.15, 0.2) is 30.7 Å². The summed E-state index contributed by atoms with van der Waals surface area (Å²) in [5.41, 5.74) is 1.01. The Balaban J connectivity index is 1.79. The van der Waals surface area contributed by atoms with E-state index in [-0.39, 0.29) is 0 Å². The predicted octanol–water partition coefficient (Wildman–Crippen LogP) is 2.17. The minimum Gasteiger partial charge on any atom is -0.379 e. The Morgan fingerprint density at radius 1 is 1.42 bits per heavy atom. The van der Waals surface area contributed by atoms with E-state index >= 15 is 0 Å². The largest absolute Gasteiger partial charge is 0.379 e. The highest BCUT2D eigenvalue weighted by atomic mass is 16.5. The van der Waals surface area contributed by atoms with Crippen LogP contribution in [0.5, 0.6) is 0 Å². The lowest BCUT2D eigenvalue weighted by molar-refractivity contribution is 0.120. The molecule has 3 rings (SSSR count). The third kappa shape index (κ3) is 2.61. The molecule has 1 saturated heterocycles. The van der Waals surface area contributed by atoms with E-state index in [1.54, 1.807) is 12.4 Å². The zero-order chi connectivity index (χ0) is 13.1. The average Bonchev–Trinajstić information content (AvgIpc) is 3.08. The van der Waals surface area contributed by atoms with Crippen LogP contribution in [-0.2, 0) is 4.74 Å². The molecule has 0 radical (unpaired) electrons. The van der Waals surface area contributed by atoms with Gasteiger partial charge in [-0.3, -0.25) is 4.57 Å². The third-order valence-electron chi connectivity index (χ3n) is 3.38. The quantitative estimate of drug-likeness (QED) is 0.913. The van der Waals surface area contributed by atoms with Crippen LogP contribution in [0.1, 0.15) is 18.7 Å². The van der Waals surface area contributed by atoms with Crippen LogP contribution in [0.2, 0.25) is 0 Å². The van der Waals surface area contributed by atoms with Gasteiger partial charge in [-0.05, 0) is 31.9 Å². The van der Waals surface area contributed by atoms with Gasteiger partial charge in [-0.15, -0.1) is 0 Å². The molecule has 0 aliphatic carbocycles. The van der Waals surface area contributed by atoms with Crippen LogP contribution < -0.4 is 5.32 Å². The molecule has 1 N–H and O–H groups in total. The van der Waals surface area contributed by atoms with Crippen molar-refractivity contribution in [3.05, 3.63) is 36.5 Å². The maximum absolute atomic E-state index is 5.63. The summed E-state index contributed by atoms with van der Waals surface area (Å²) in [5, 5.41) is 3.43. The second-order valence-electron chi connectivity index (χ2n) is 4.73. The summed E-state index contributed by atoms with van der Waals surface area (Å²) in [4.78, 5) is 8.69. The van der Waals surface area contributed by atoms with Crippen molar-refractivity contribution in [3.8, 4) is 5.82 Å². The van der Waals surface area contributed by atoms with Gasteiger partial charge in [-0.1, -0.05) is 0 Å². The first-order valence-corrected chi connectivity index (χ1v) is 6.65. The van der Waals surface area contributed by atoms with Crippen LogP contribution in [0, 0.1) is 6.92 Å². The summed E-state index contributed by atoms with van der Waals surface area (Å²) in [6.45, 7) is 3.68. The number of imidazole rings is 1. The average molecular weight is 258 g/mol. The van der Waals surface area contributed by atoms with Gasteiger partial charge in [0.15, 0.2) is 5.82 Å². The fraction of sp³-hybridized carbons (Fsp3) is 0.429. The van der Waals surface area contributed by atoms with Gasteiger partial charge in [0, 0.05) is 31.7 Å². The van der Waals surface area contributed by atoms with Gasteiger partial charge in [-0.25, -0.2) is 9.97 Å². The van der Waals surface area contributed by atoms with E-state index in [0.717, 1.165) is 43.3 Å². The number of nitrogens with one attached hydrogen (secondary N) is 1. The molecule has 2 aromatic rings. The normalized spacial score (nSPS) is 18.7. The first-order chi connectivity index (χ1) is 9.34. The van der Waals surface area contributed by atoms with Crippen molar-refractivity contribution in [2.45, 2.75) is 25.9 Å². The van der Waals surface area contributed by atoms with Crippen molar-refractivity contribution in [2.24, 2.45) is 0 Å². The smallest absolute Gasteiger partial charge is 0.161 e. The number of hydrogen-bond acceptors (Lipinski definition) is 4. The van der Waals surface area contributed by atoms with E-state index in [0.29, 0.717) is 6.10 Å². The second kappa shape index (κ2) is 5.40. The maximum atomic E-state index is 5.63. The van der Waals surface area contributed by atoms with Crippen molar-refractivity contribution in [1.29, 1.82) is 0 Å². The van der Waals surface area contributed by atoms with E-state index in [1.165, 1.54) is 0 Å². The van der Waals surface area contributed by atoms with Gasteiger partial charge in [0.1, 0.15) is 5.82 Å². The molecule has 0 amide bonds. The zero-order valence-electron chi connectivity index (χ0n) is 11.0. The molecule has 5 heteroatoms. The van der Waals surface area contributed by atoms with Crippen LogP contribution in [-0.4, -0.2) is 33.8 Å². The van der Waals surface area contributed by atoms with E-state index in [9.17, 15) is 0 Å². The predicted molar refractivity (Wildman–Crippen MR) is 73.6 cm³/mol. The molecule has 1 unspecified atom stereocenters. The molecular formula is C14H18N4O. The van der Waals surface area contributed by atoms with Crippen molar-refractivity contribution in [1.82, 2.24) is 14.5 Å². The molecule has 1 atom stereocenters. The van der Waals surface area contributed by atoms with Crippen molar-refractivity contribution < 1.29 is 4.74 Å². The molecule has 2 aromatic heterocycles. The molecule has 1 aliphatic rings. The van der Waals surface area contributed by atoms with Crippen molar-refractivity contribution in [3.63, 3.8) is 0 Å². The summed E-state index contributed by atoms with van der Waals surface area (Å²) >= 11 is 0. The molecule has 3 heterocycles. The van der Waals surface area contributed by atoms with Gasteiger partial charge < -0.3 is 10.1 Å². The van der Waals surface area contributed by atoms with Gasteiger partial charge in [0.25, 0.3) is 0 Å². The molecule has 1 fully saturated rings. The SMILES string of the molecule is Cc1nccn1-c1ncccc1NCC1CCCO1. The molecule has 5 nitrogen and oxygen atoms in total. The van der Waals surface area contributed by atoms with Crippen LogP contribution >= 0.6 is 0 Å². The minimum absolute atomic E-state index is 0.317. The molecule has 0 saturated carbocycles. The molecule has 100 valence electrons. The zero-order valence-corrected chi connectivity index (χ0v) is 11.0. The molecule has 1 aliphatic heterocycles. The van der Waals surface area contributed by atoms with Crippen molar-refractivity contribution in [2.75, 3.05) is 18.5 Å². The Morgan fingerprint density at radius 2 is 2.37 bits per heavy atom. The Morgan fingerprint density at radius 3 is 3.11 bits per heavy atom. The Hall–Kier alpha value is -1.88. The molecular weight excluding hydrogens is 240 g/mol. The number of aryl methyl sites for hydroxylation is 1. The number of nitrogens with zero attached hydrogens (tertiary/aromatic N) is 3. The van der Waals surface area contributed by atoms with Gasteiger partial charge in [0.05, 0.1) is 11.8 Å². The number of anilines is 1. The lowest BCUT2D eigenvalue weighted by Crippen LogP contribution is -2.19. The monoisotopic (exact) mass is 258 g/mol. The van der Waals surface area contributed by atoms with Gasteiger partial charge in [-0.2, -0.15) is 0 Å². The minimum atomic E-state index is 0.317. The van der Waals surface area contributed by atoms with Gasteiger partial charge in [0.2, 0.25) is 0 Å². The van der Waals surface area contributed by atoms with Crippen molar-refractivity contribution >= 4 is 5.69 Å². The first-order valence-electron chi connectivity index (χ1n) is 6.65.